The Kier molecular flexibility index (Phi) is 3.38. The standard InChI is InChI=1S/C12H14F3NO2/c13-12(14,15)10-4-3-8(6-11(10)18)16-5-1-2-9(16)7-17/h3-4,6,9,17-18H,1-2,5,7H2. The molecule has 1 heterocycles. The van der Waals surface area contributed by atoms with Gasteiger partial charge >= 0.3 is 6.18 Å². The fraction of sp³-hybridized carbons (Fsp3) is 0.500. The Balaban J connectivity index is 2.29. The molecule has 0 amide bonds. The fourth-order valence-corrected chi connectivity index (χ4v) is 2.30. The van der Waals surface area contributed by atoms with E-state index in [4.69, 9.17) is 5.11 Å². The Morgan fingerprint density at radius 2 is 2.06 bits per heavy atom. The highest BCUT2D eigenvalue weighted by Crippen LogP contribution is 2.38. The van der Waals surface area contributed by atoms with Gasteiger partial charge in [-0.2, -0.15) is 13.2 Å². The lowest BCUT2D eigenvalue weighted by molar-refractivity contribution is -0.138. The summed E-state index contributed by atoms with van der Waals surface area (Å²) in [5.41, 5.74) is -0.525. The molecule has 1 saturated heterocycles. The minimum atomic E-state index is -4.55. The van der Waals surface area contributed by atoms with Crippen LogP contribution in [0.2, 0.25) is 0 Å². The first-order valence-corrected chi connectivity index (χ1v) is 5.71. The quantitative estimate of drug-likeness (QED) is 0.859. The third kappa shape index (κ3) is 2.38. The summed E-state index contributed by atoms with van der Waals surface area (Å²) in [7, 11) is 0. The second kappa shape index (κ2) is 4.68. The van der Waals surface area contributed by atoms with Crippen molar-refractivity contribution in [2.75, 3.05) is 18.1 Å². The summed E-state index contributed by atoms with van der Waals surface area (Å²) in [5, 5.41) is 18.6. The lowest BCUT2D eigenvalue weighted by atomic mass is 10.1. The fourth-order valence-electron chi connectivity index (χ4n) is 2.30. The number of alkyl halides is 3. The summed E-state index contributed by atoms with van der Waals surface area (Å²) < 4.78 is 37.5. The van der Waals surface area contributed by atoms with Crippen LogP contribution in [-0.2, 0) is 6.18 Å². The van der Waals surface area contributed by atoms with Crippen LogP contribution < -0.4 is 4.90 Å². The Hall–Kier alpha value is -1.43. The van der Waals surface area contributed by atoms with E-state index < -0.39 is 17.5 Å². The van der Waals surface area contributed by atoms with E-state index in [1.165, 1.54) is 6.07 Å². The van der Waals surface area contributed by atoms with Crippen molar-refractivity contribution < 1.29 is 23.4 Å². The minimum absolute atomic E-state index is 0.0399. The lowest BCUT2D eigenvalue weighted by Crippen LogP contribution is -2.31. The second-order valence-corrected chi connectivity index (χ2v) is 4.37. The van der Waals surface area contributed by atoms with Gasteiger partial charge in [-0.3, -0.25) is 0 Å². The molecular formula is C12H14F3NO2. The maximum atomic E-state index is 12.5. The van der Waals surface area contributed by atoms with Crippen molar-refractivity contribution in [2.24, 2.45) is 0 Å². The first-order valence-electron chi connectivity index (χ1n) is 5.71. The van der Waals surface area contributed by atoms with Crippen molar-refractivity contribution in [1.29, 1.82) is 0 Å². The average molecular weight is 261 g/mol. The Morgan fingerprint density at radius 1 is 1.33 bits per heavy atom. The van der Waals surface area contributed by atoms with Gasteiger partial charge in [0.25, 0.3) is 0 Å². The lowest BCUT2D eigenvalue weighted by Gasteiger charge is -2.25. The number of benzene rings is 1. The molecular weight excluding hydrogens is 247 g/mol. The molecule has 1 aromatic carbocycles. The van der Waals surface area contributed by atoms with E-state index in [0.29, 0.717) is 12.2 Å². The highest BCUT2D eigenvalue weighted by atomic mass is 19.4. The molecule has 2 rings (SSSR count). The van der Waals surface area contributed by atoms with Gasteiger partial charge in [0.2, 0.25) is 0 Å². The van der Waals surface area contributed by atoms with Gasteiger partial charge < -0.3 is 15.1 Å². The molecule has 1 unspecified atom stereocenters. The van der Waals surface area contributed by atoms with Crippen molar-refractivity contribution in [3.63, 3.8) is 0 Å². The zero-order chi connectivity index (χ0) is 13.3. The molecule has 1 atom stereocenters. The number of phenols is 1. The first-order chi connectivity index (χ1) is 8.43. The number of rotatable bonds is 2. The Morgan fingerprint density at radius 3 is 2.61 bits per heavy atom. The molecule has 100 valence electrons. The normalized spacial score (nSPS) is 20.4. The summed E-state index contributed by atoms with van der Waals surface area (Å²) in [6, 6.07) is 3.23. The molecule has 18 heavy (non-hydrogen) atoms. The van der Waals surface area contributed by atoms with Crippen LogP contribution in [0.4, 0.5) is 18.9 Å². The molecule has 1 aliphatic heterocycles. The predicted molar refractivity (Wildman–Crippen MR) is 60.6 cm³/mol. The van der Waals surface area contributed by atoms with Crippen LogP contribution >= 0.6 is 0 Å². The monoisotopic (exact) mass is 261 g/mol. The molecule has 6 heteroatoms. The Labute approximate surface area is 102 Å². The van der Waals surface area contributed by atoms with Gasteiger partial charge in [0.15, 0.2) is 0 Å². The molecule has 0 aliphatic carbocycles. The van der Waals surface area contributed by atoms with Crippen molar-refractivity contribution in [3.05, 3.63) is 23.8 Å². The molecule has 0 bridgehead atoms. The summed E-state index contributed by atoms with van der Waals surface area (Å²) >= 11 is 0. The summed E-state index contributed by atoms with van der Waals surface area (Å²) in [6.45, 7) is 0.637. The van der Waals surface area contributed by atoms with E-state index in [0.717, 1.165) is 25.0 Å². The zero-order valence-electron chi connectivity index (χ0n) is 9.61. The smallest absolute Gasteiger partial charge is 0.419 e. The largest absolute Gasteiger partial charge is 0.507 e. The van der Waals surface area contributed by atoms with E-state index in [9.17, 15) is 18.3 Å². The van der Waals surface area contributed by atoms with Gasteiger partial charge in [-0.05, 0) is 25.0 Å². The van der Waals surface area contributed by atoms with E-state index in [-0.39, 0.29) is 12.6 Å². The molecule has 3 nitrogen and oxygen atoms in total. The van der Waals surface area contributed by atoms with Gasteiger partial charge in [-0.15, -0.1) is 0 Å². The van der Waals surface area contributed by atoms with Crippen LogP contribution in [-0.4, -0.2) is 29.4 Å². The molecule has 2 N–H and O–H groups in total. The van der Waals surface area contributed by atoms with E-state index in [1.807, 2.05) is 4.90 Å². The zero-order valence-corrected chi connectivity index (χ0v) is 9.61. The molecule has 1 fully saturated rings. The van der Waals surface area contributed by atoms with Crippen molar-refractivity contribution in [3.8, 4) is 5.75 Å². The predicted octanol–water partition coefficient (Wildman–Crippen LogP) is 2.37. The number of anilines is 1. The maximum Gasteiger partial charge on any atom is 0.419 e. The third-order valence-electron chi connectivity index (χ3n) is 3.21. The van der Waals surface area contributed by atoms with Crippen molar-refractivity contribution in [1.82, 2.24) is 0 Å². The number of hydrogen-bond acceptors (Lipinski definition) is 3. The molecule has 0 saturated carbocycles. The summed E-state index contributed by atoms with van der Waals surface area (Å²) in [6.07, 6.45) is -2.87. The number of hydrogen-bond donors (Lipinski definition) is 2. The highest BCUT2D eigenvalue weighted by Gasteiger charge is 2.34. The number of aliphatic hydroxyl groups is 1. The van der Waals surface area contributed by atoms with Gasteiger partial charge in [0.05, 0.1) is 18.2 Å². The van der Waals surface area contributed by atoms with Crippen molar-refractivity contribution >= 4 is 5.69 Å². The van der Waals surface area contributed by atoms with Crippen LogP contribution in [0.25, 0.3) is 0 Å². The van der Waals surface area contributed by atoms with E-state index in [2.05, 4.69) is 0 Å². The van der Waals surface area contributed by atoms with Crippen LogP contribution in [0, 0.1) is 0 Å². The Bertz CT molecular complexity index is 434. The van der Waals surface area contributed by atoms with Gasteiger partial charge in [-0.1, -0.05) is 0 Å². The molecule has 1 aliphatic rings. The van der Waals surface area contributed by atoms with Gasteiger partial charge in [-0.25, -0.2) is 0 Å². The first kappa shape index (κ1) is 13.0. The topological polar surface area (TPSA) is 43.7 Å². The second-order valence-electron chi connectivity index (χ2n) is 4.37. The minimum Gasteiger partial charge on any atom is -0.507 e. The van der Waals surface area contributed by atoms with Crippen molar-refractivity contribution in [2.45, 2.75) is 25.1 Å². The highest BCUT2D eigenvalue weighted by molar-refractivity contribution is 5.55. The van der Waals surface area contributed by atoms with E-state index >= 15 is 0 Å². The molecule has 1 aromatic rings. The maximum absolute atomic E-state index is 12.5. The van der Waals surface area contributed by atoms with Crippen LogP contribution in [0.3, 0.4) is 0 Å². The number of nitrogens with zero attached hydrogens (tertiary/aromatic N) is 1. The molecule has 0 radical (unpaired) electrons. The molecule has 0 spiro atoms. The number of halogens is 3. The third-order valence-corrected chi connectivity index (χ3v) is 3.21. The van der Waals surface area contributed by atoms with Crippen LogP contribution in [0.15, 0.2) is 18.2 Å². The van der Waals surface area contributed by atoms with Crippen LogP contribution in [0.5, 0.6) is 5.75 Å². The number of aromatic hydroxyl groups is 1. The summed E-state index contributed by atoms with van der Waals surface area (Å²) in [5.74, 6) is -0.774. The number of phenolic OH excluding ortho intramolecular Hbond substituents is 1. The van der Waals surface area contributed by atoms with E-state index in [1.54, 1.807) is 0 Å². The SMILES string of the molecule is OCC1CCCN1c1ccc(C(F)(F)F)c(O)c1. The van der Waals surface area contributed by atoms with Gasteiger partial charge in [0, 0.05) is 18.3 Å². The van der Waals surface area contributed by atoms with Crippen LogP contribution in [0.1, 0.15) is 18.4 Å². The number of aliphatic hydroxyl groups excluding tert-OH is 1. The average Bonchev–Trinajstić information content (AvgIpc) is 2.74. The molecule has 0 aromatic heterocycles. The summed E-state index contributed by atoms with van der Waals surface area (Å²) in [4.78, 5) is 1.82. The van der Waals surface area contributed by atoms with Gasteiger partial charge in [0.1, 0.15) is 5.75 Å².